The summed E-state index contributed by atoms with van der Waals surface area (Å²) >= 11 is 0. The molecule has 0 radical (unpaired) electrons. The molecule has 0 spiro atoms. The minimum atomic E-state index is 0.586. The predicted molar refractivity (Wildman–Crippen MR) is 68.8 cm³/mol. The summed E-state index contributed by atoms with van der Waals surface area (Å²) in [4.78, 5) is 2.75. The van der Waals surface area contributed by atoms with Crippen LogP contribution in [0, 0.1) is 11.8 Å². The molecule has 2 aliphatic carbocycles. The molecule has 3 fully saturated rings. The number of hydrogen-bond acceptors (Lipinski definition) is 3. The third kappa shape index (κ3) is 3.01. The first-order valence-electron chi connectivity index (χ1n) is 7.42. The second-order valence-electron chi connectivity index (χ2n) is 6.15. The monoisotopic (exact) mass is 238 g/mol. The Morgan fingerprint density at radius 1 is 1.18 bits per heavy atom. The van der Waals surface area contributed by atoms with Crippen molar-refractivity contribution < 1.29 is 4.74 Å². The van der Waals surface area contributed by atoms with Crippen LogP contribution in [0.25, 0.3) is 0 Å². The van der Waals surface area contributed by atoms with Crippen LogP contribution in [0.5, 0.6) is 0 Å². The molecule has 1 saturated heterocycles. The molecule has 3 heteroatoms. The van der Waals surface area contributed by atoms with E-state index in [2.05, 4.69) is 4.90 Å². The third-order valence-electron chi connectivity index (χ3n) is 4.59. The highest BCUT2D eigenvalue weighted by molar-refractivity contribution is 4.94. The molecule has 1 heterocycles. The van der Waals surface area contributed by atoms with Gasteiger partial charge in [-0.25, -0.2) is 0 Å². The molecule has 3 aliphatic rings. The average molecular weight is 238 g/mol. The molecule has 2 N–H and O–H groups in total. The van der Waals surface area contributed by atoms with Gasteiger partial charge in [-0.2, -0.15) is 0 Å². The highest BCUT2D eigenvalue weighted by atomic mass is 16.5. The summed E-state index contributed by atoms with van der Waals surface area (Å²) in [6, 6.07) is 1.44. The molecule has 0 amide bonds. The predicted octanol–water partition coefficient (Wildman–Crippen LogP) is 1.61. The fourth-order valence-corrected chi connectivity index (χ4v) is 3.23. The van der Waals surface area contributed by atoms with Gasteiger partial charge in [-0.3, -0.25) is 4.90 Å². The normalized spacial score (nSPS) is 31.8. The lowest BCUT2D eigenvalue weighted by molar-refractivity contribution is 0.00755. The number of nitrogens with zero attached hydrogens (tertiary/aromatic N) is 1. The maximum atomic E-state index is 6.07. The maximum absolute atomic E-state index is 6.07. The second-order valence-corrected chi connectivity index (χ2v) is 6.15. The van der Waals surface area contributed by atoms with Gasteiger partial charge in [0, 0.05) is 31.8 Å². The smallest absolute Gasteiger partial charge is 0.0509 e. The van der Waals surface area contributed by atoms with Gasteiger partial charge in [-0.15, -0.1) is 0 Å². The first kappa shape index (κ1) is 11.9. The van der Waals surface area contributed by atoms with E-state index in [1.165, 1.54) is 45.1 Å². The topological polar surface area (TPSA) is 38.5 Å². The Hall–Kier alpha value is -0.120. The molecule has 2 saturated carbocycles. The van der Waals surface area contributed by atoms with Crippen molar-refractivity contribution in [3.05, 3.63) is 0 Å². The van der Waals surface area contributed by atoms with Crippen LogP contribution < -0.4 is 5.73 Å². The van der Waals surface area contributed by atoms with Crippen molar-refractivity contribution in [2.24, 2.45) is 17.6 Å². The summed E-state index contributed by atoms with van der Waals surface area (Å²) < 4.78 is 5.65. The van der Waals surface area contributed by atoms with Crippen LogP contribution in [0.3, 0.4) is 0 Å². The zero-order valence-corrected chi connectivity index (χ0v) is 10.8. The molecule has 3 rings (SSSR count). The Labute approximate surface area is 105 Å². The van der Waals surface area contributed by atoms with E-state index in [1.807, 2.05) is 0 Å². The molecule has 1 aliphatic heterocycles. The molecule has 17 heavy (non-hydrogen) atoms. The van der Waals surface area contributed by atoms with Crippen LogP contribution in [0.15, 0.2) is 0 Å². The van der Waals surface area contributed by atoms with Crippen LogP contribution >= 0.6 is 0 Å². The van der Waals surface area contributed by atoms with Gasteiger partial charge in [0.25, 0.3) is 0 Å². The summed E-state index contributed by atoms with van der Waals surface area (Å²) in [5.41, 5.74) is 6.07. The Morgan fingerprint density at radius 2 is 2.00 bits per heavy atom. The van der Waals surface area contributed by atoms with Gasteiger partial charge < -0.3 is 10.5 Å². The van der Waals surface area contributed by atoms with Gasteiger partial charge in [-0.1, -0.05) is 0 Å². The lowest BCUT2D eigenvalue weighted by Gasteiger charge is -2.38. The zero-order chi connectivity index (χ0) is 11.7. The fraction of sp³-hybridized carbons (Fsp3) is 1.00. The summed E-state index contributed by atoms with van der Waals surface area (Å²) in [6.07, 6.45) is 8.23. The van der Waals surface area contributed by atoms with Crippen LogP contribution in [0.1, 0.15) is 38.5 Å². The van der Waals surface area contributed by atoms with Crippen molar-refractivity contribution in [3.63, 3.8) is 0 Å². The highest BCUT2D eigenvalue weighted by Crippen LogP contribution is 2.37. The minimum absolute atomic E-state index is 0.586. The number of ether oxygens (including phenoxy) is 1. The van der Waals surface area contributed by atoms with E-state index in [1.54, 1.807) is 0 Å². The molecule has 0 aromatic carbocycles. The standard InChI is InChI=1S/C14H26N2O/c15-8-14(12-2-1-7-17-10-12)16(13-5-6-13)9-11-3-4-11/h11-14H,1-10,15H2. The van der Waals surface area contributed by atoms with E-state index in [4.69, 9.17) is 10.5 Å². The molecule has 0 aromatic rings. The van der Waals surface area contributed by atoms with Crippen molar-refractivity contribution in [2.75, 3.05) is 26.3 Å². The van der Waals surface area contributed by atoms with Gasteiger partial charge in [0.2, 0.25) is 0 Å². The quantitative estimate of drug-likeness (QED) is 0.764. The summed E-state index contributed by atoms with van der Waals surface area (Å²) in [7, 11) is 0. The van der Waals surface area contributed by atoms with Crippen molar-refractivity contribution in [3.8, 4) is 0 Å². The van der Waals surface area contributed by atoms with Crippen LogP contribution in [0.2, 0.25) is 0 Å². The van der Waals surface area contributed by atoms with Crippen molar-refractivity contribution in [1.82, 2.24) is 4.90 Å². The molecule has 0 bridgehead atoms. The van der Waals surface area contributed by atoms with Crippen molar-refractivity contribution >= 4 is 0 Å². The van der Waals surface area contributed by atoms with E-state index < -0.39 is 0 Å². The lowest BCUT2D eigenvalue weighted by Crippen LogP contribution is -2.49. The Kier molecular flexibility index (Phi) is 3.69. The van der Waals surface area contributed by atoms with Gasteiger partial charge >= 0.3 is 0 Å². The molecule has 2 atom stereocenters. The molecular weight excluding hydrogens is 212 g/mol. The van der Waals surface area contributed by atoms with Gasteiger partial charge in [0.1, 0.15) is 0 Å². The molecule has 3 nitrogen and oxygen atoms in total. The van der Waals surface area contributed by atoms with Crippen LogP contribution in [-0.2, 0) is 4.74 Å². The Balaban J connectivity index is 1.62. The van der Waals surface area contributed by atoms with E-state index >= 15 is 0 Å². The van der Waals surface area contributed by atoms with E-state index in [9.17, 15) is 0 Å². The number of hydrogen-bond donors (Lipinski definition) is 1. The van der Waals surface area contributed by atoms with Gasteiger partial charge in [-0.05, 0) is 50.4 Å². The zero-order valence-electron chi connectivity index (χ0n) is 10.8. The third-order valence-corrected chi connectivity index (χ3v) is 4.59. The fourth-order valence-electron chi connectivity index (χ4n) is 3.23. The highest BCUT2D eigenvalue weighted by Gasteiger charge is 2.39. The van der Waals surface area contributed by atoms with E-state index in [-0.39, 0.29) is 0 Å². The minimum Gasteiger partial charge on any atom is -0.381 e. The summed E-state index contributed by atoms with van der Waals surface area (Å²) in [5, 5.41) is 0. The van der Waals surface area contributed by atoms with Gasteiger partial charge in [0.05, 0.1) is 6.61 Å². The van der Waals surface area contributed by atoms with Crippen LogP contribution in [-0.4, -0.2) is 43.3 Å². The lowest BCUT2D eigenvalue weighted by atomic mass is 9.92. The van der Waals surface area contributed by atoms with E-state index in [0.29, 0.717) is 12.0 Å². The summed E-state index contributed by atoms with van der Waals surface area (Å²) in [6.45, 7) is 4.02. The van der Waals surface area contributed by atoms with Gasteiger partial charge in [0.15, 0.2) is 0 Å². The first-order valence-corrected chi connectivity index (χ1v) is 7.42. The van der Waals surface area contributed by atoms with Crippen molar-refractivity contribution in [1.29, 1.82) is 0 Å². The van der Waals surface area contributed by atoms with Crippen molar-refractivity contribution in [2.45, 2.75) is 50.6 Å². The van der Waals surface area contributed by atoms with E-state index in [0.717, 1.165) is 31.7 Å². The SMILES string of the molecule is NCC(C1CCCOC1)N(CC1CC1)C1CC1. The number of rotatable bonds is 6. The molecule has 98 valence electrons. The summed E-state index contributed by atoms with van der Waals surface area (Å²) in [5.74, 6) is 1.67. The first-order chi connectivity index (χ1) is 8.38. The number of nitrogens with two attached hydrogens (primary N) is 1. The maximum Gasteiger partial charge on any atom is 0.0509 e. The molecule has 0 aromatic heterocycles. The second kappa shape index (κ2) is 5.25. The largest absolute Gasteiger partial charge is 0.381 e. The Bertz CT molecular complexity index is 245. The van der Waals surface area contributed by atoms with Crippen LogP contribution in [0.4, 0.5) is 0 Å². The molecular formula is C14H26N2O. The Morgan fingerprint density at radius 3 is 2.53 bits per heavy atom. The average Bonchev–Trinajstić information content (AvgIpc) is 3.24. The molecule has 2 unspecified atom stereocenters.